The van der Waals surface area contributed by atoms with Gasteiger partial charge in [0, 0.05) is 42.5 Å². The summed E-state index contributed by atoms with van der Waals surface area (Å²) in [5.74, 6) is 0.637. The van der Waals surface area contributed by atoms with Gasteiger partial charge in [0.15, 0.2) is 0 Å². The maximum absolute atomic E-state index is 12.6. The summed E-state index contributed by atoms with van der Waals surface area (Å²) in [7, 11) is 3.69. The minimum absolute atomic E-state index is 0.0213. The van der Waals surface area contributed by atoms with Gasteiger partial charge in [-0.15, -0.1) is 11.3 Å². The second-order valence-corrected chi connectivity index (χ2v) is 7.10. The number of thiophene rings is 1. The second kappa shape index (κ2) is 9.30. The molecule has 0 saturated heterocycles. The largest absolute Gasteiger partial charge is 0.485 e. The molecule has 5 nitrogen and oxygen atoms in total. The number of ether oxygens (including phenoxy) is 1. The highest BCUT2D eigenvalue weighted by Crippen LogP contribution is 2.30. The van der Waals surface area contributed by atoms with Gasteiger partial charge >= 0.3 is 0 Å². The molecule has 1 aromatic carbocycles. The molecule has 0 aliphatic rings. The first-order valence-corrected chi connectivity index (χ1v) is 9.70. The predicted octanol–water partition coefficient (Wildman–Crippen LogP) is 4.15. The topological polar surface area (TPSA) is 54.5 Å². The average molecular weight is 382 g/mol. The van der Waals surface area contributed by atoms with Gasteiger partial charge in [0.2, 0.25) is 0 Å². The predicted molar refractivity (Wildman–Crippen MR) is 110 cm³/mol. The van der Waals surface area contributed by atoms with Crippen LogP contribution in [0.2, 0.25) is 0 Å². The van der Waals surface area contributed by atoms with E-state index < -0.39 is 0 Å². The average Bonchev–Trinajstić information content (AvgIpc) is 3.25. The minimum Gasteiger partial charge on any atom is -0.485 e. The fourth-order valence-electron chi connectivity index (χ4n) is 2.74. The maximum atomic E-state index is 12.6. The molecule has 2 heterocycles. The lowest BCUT2D eigenvalue weighted by molar-refractivity contribution is 0.0992. The Labute approximate surface area is 163 Å². The van der Waals surface area contributed by atoms with E-state index in [4.69, 9.17) is 4.74 Å². The molecule has 0 aliphatic carbocycles. The van der Waals surface area contributed by atoms with E-state index in [0.717, 1.165) is 24.4 Å². The summed E-state index contributed by atoms with van der Waals surface area (Å²) in [4.78, 5) is 19.5. The second-order valence-electron chi connectivity index (χ2n) is 6.12. The zero-order valence-electron chi connectivity index (χ0n) is 15.5. The number of aromatic nitrogens is 1. The Morgan fingerprint density at radius 3 is 2.85 bits per heavy atom. The molecule has 0 fully saturated rings. The summed E-state index contributed by atoms with van der Waals surface area (Å²) >= 11 is 1.69. The lowest BCUT2D eigenvalue weighted by atomic mass is 10.2. The van der Waals surface area contributed by atoms with Crippen molar-refractivity contribution < 1.29 is 9.53 Å². The Kier molecular flexibility index (Phi) is 6.57. The Bertz CT molecular complexity index is 853. The molecule has 3 aromatic rings. The molecule has 0 aliphatic heterocycles. The number of nitrogens with one attached hydrogen (secondary N) is 1. The van der Waals surface area contributed by atoms with E-state index >= 15 is 0 Å². The van der Waals surface area contributed by atoms with Gasteiger partial charge in [0.05, 0.1) is 5.56 Å². The van der Waals surface area contributed by atoms with Crippen LogP contribution in [0.3, 0.4) is 0 Å². The monoisotopic (exact) mass is 381 g/mol. The van der Waals surface area contributed by atoms with Crippen LogP contribution in [0.4, 0.5) is 5.69 Å². The minimum atomic E-state index is -0.106. The van der Waals surface area contributed by atoms with Gasteiger partial charge < -0.3 is 15.0 Å². The van der Waals surface area contributed by atoms with Crippen LogP contribution < -0.4 is 15.0 Å². The van der Waals surface area contributed by atoms with Crippen LogP contribution in [0.5, 0.6) is 5.75 Å². The first kappa shape index (κ1) is 19.1. The summed E-state index contributed by atoms with van der Waals surface area (Å²) in [6, 6.07) is 15.3. The van der Waals surface area contributed by atoms with Gasteiger partial charge in [0.1, 0.15) is 11.9 Å². The number of amides is 1. The number of carbonyl (C=O) groups excluding carboxylic acids is 1. The number of hydrogen-bond acceptors (Lipinski definition) is 5. The number of benzene rings is 1. The van der Waals surface area contributed by atoms with Crippen LogP contribution >= 0.6 is 11.3 Å². The zero-order valence-corrected chi connectivity index (χ0v) is 16.3. The lowest BCUT2D eigenvalue weighted by Crippen LogP contribution is -2.26. The van der Waals surface area contributed by atoms with Gasteiger partial charge in [-0.05, 0) is 49.3 Å². The lowest BCUT2D eigenvalue weighted by Gasteiger charge is -2.21. The van der Waals surface area contributed by atoms with Crippen LogP contribution in [0.25, 0.3) is 0 Å². The normalized spacial score (nSPS) is 11.8. The molecule has 1 amide bonds. The molecular formula is C21H23N3O2S. The summed E-state index contributed by atoms with van der Waals surface area (Å²) in [6.07, 6.45) is 4.07. The summed E-state index contributed by atoms with van der Waals surface area (Å²) in [5, 5.41) is 5.23. The highest BCUT2D eigenvalue weighted by molar-refractivity contribution is 7.10. The van der Waals surface area contributed by atoms with Crippen molar-refractivity contribution >= 4 is 22.9 Å². The van der Waals surface area contributed by atoms with Gasteiger partial charge in [-0.2, -0.15) is 0 Å². The van der Waals surface area contributed by atoms with Crippen molar-refractivity contribution in [2.75, 3.05) is 25.5 Å². The molecular weight excluding hydrogens is 358 g/mol. The molecule has 0 bridgehead atoms. The smallest absolute Gasteiger partial charge is 0.259 e. The van der Waals surface area contributed by atoms with Crippen LogP contribution in [0.15, 0.2) is 66.3 Å². The van der Waals surface area contributed by atoms with Gasteiger partial charge in [-0.25, -0.2) is 0 Å². The van der Waals surface area contributed by atoms with Crippen molar-refractivity contribution in [3.05, 3.63) is 76.7 Å². The first-order valence-electron chi connectivity index (χ1n) is 8.82. The molecule has 1 unspecified atom stereocenters. The third kappa shape index (κ3) is 4.93. The molecule has 0 radical (unpaired) electrons. The fraction of sp³-hybridized carbons (Fsp3) is 0.238. The van der Waals surface area contributed by atoms with Crippen molar-refractivity contribution in [1.82, 2.24) is 10.3 Å². The van der Waals surface area contributed by atoms with E-state index in [-0.39, 0.29) is 12.0 Å². The van der Waals surface area contributed by atoms with E-state index in [9.17, 15) is 4.79 Å². The Morgan fingerprint density at radius 2 is 2.15 bits per heavy atom. The summed E-state index contributed by atoms with van der Waals surface area (Å²) in [5.41, 5.74) is 1.33. The Hall–Kier alpha value is -2.70. The molecule has 0 saturated carbocycles. The van der Waals surface area contributed by atoms with Crippen molar-refractivity contribution in [3.8, 4) is 5.75 Å². The molecule has 140 valence electrons. The van der Waals surface area contributed by atoms with Crippen LogP contribution in [-0.4, -0.2) is 31.5 Å². The molecule has 1 N–H and O–H groups in total. The summed E-state index contributed by atoms with van der Waals surface area (Å²) in [6.45, 7) is 0.863. The quantitative estimate of drug-likeness (QED) is 0.637. The molecule has 27 heavy (non-hydrogen) atoms. The molecule has 6 heteroatoms. The Balaban J connectivity index is 1.77. The van der Waals surface area contributed by atoms with Crippen molar-refractivity contribution in [2.24, 2.45) is 0 Å². The number of pyridine rings is 1. The van der Waals surface area contributed by atoms with Crippen LogP contribution in [-0.2, 0) is 0 Å². The van der Waals surface area contributed by atoms with Crippen LogP contribution in [0, 0.1) is 0 Å². The van der Waals surface area contributed by atoms with E-state index in [1.807, 2.05) is 37.4 Å². The number of carbonyl (C=O) groups is 1. The van der Waals surface area contributed by atoms with Gasteiger partial charge in [-0.3, -0.25) is 9.78 Å². The maximum Gasteiger partial charge on any atom is 0.259 e. The van der Waals surface area contributed by atoms with Crippen molar-refractivity contribution in [2.45, 2.75) is 12.5 Å². The number of nitrogens with zero attached hydrogens (tertiary/aromatic N) is 2. The zero-order chi connectivity index (χ0) is 19.1. The van der Waals surface area contributed by atoms with E-state index in [1.54, 1.807) is 47.8 Å². The third-order valence-electron chi connectivity index (χ3n) is 4.21. The SMILES string of the molecule is CNCCC(Oc1cccc(N(C)C(=O)c2cccnc2)c1)c1cccs1. The van der Waals surface area contributed by atoms with Crippen LogP contribution in [0.1, 0.15) is 27.8 Å². The van der Waals surface area contributed by atoms with E-state index in [0.29, 0.717) is 5.56 Å². The highest BCUT2D eigenvalue weighted by Gasteiger charge is 2.17. The Morgan fingerprint density at radius 1 is 1.26 bits per heavy atom. The molecule has 2 aromatic heterocycles. The van der Waals surface area contributed by atoms with E-state index in [2.05, 4.69) is 21.7 Å². The molecule has 0 spiro atoms. The van der Waals surface area contributed by atoms with Gasteiger partial charge in [-0.1, -0.05) is 12.1 Å². The van der Waals surface area contributed by atoms with Gasteiger partial charge in [0.25, 0.3) is 5.91 Å². The molecule has 1 atom stereocenters. The number of hydrogen-bond donors (Lipinski definition) is 1. The highest BCUT2D eigenvalue weighted by atomic mass is 32.1. The van der Waals surface area contributed by atoms with Crippen molar-refractivity contribution in [3.63, 3.8) is 0 Å². The summed E-state index contributed by atoms with van der Waals surface area (Å²) < 4.78 is 6.26. The third-order valence-corrected chi connectivity index (χ3v) is 5.18. The van der Waals surface area contributed by atoms with E-state index in [1.165, 1.54) is 4.88 Å². The number of anilines is 1. The first-order chi connectivity index (χ1) is 13.2. The fourth-order valence-corrected chi connectivity index (χ4v) is 3.53. The van der Waals surface area contributed by atoms with Crippen molar-refractivity contribution in [1.29, 1.82) is 0 Å². The number of rotatable bonds is 8. The standard InChI is InChI=1S/C21H23N3O2S/c1-22-12-10-19(20-9-5-13-27-20)26-18-8-3-7-17(14-18)24(2)21(25)16-6-4-11-23-15-16/h3-9,11,13-15,19,22H,10,12H2,1-2H3. The molecule has 3 rings (SSSR count).